The molecule has 2 saturated heterocycles. The number of benzene rings is 1. The third-order valence-electron chi connectivity index (χ3n) is 4.83. The molecular weight excluding hydrogens is 316 g/mol. The molecular formula is C17H19ClN2O3. The molecule has 122 valence electrons. The maximum Gasteiger partial charge on any atom is 0.323 e. The molecule has 2 atom stereocenters. The largest absolute Gasteiger partial charge is 0.461 e. The highest BCUT2D eigenvalue weighted by Gasteiger charge is 2.38. The smallest absolute Gasteiger partial charge is 0.323 e. The number of cyclic esters (lactones) is 1. The zero-order valence-corrected chi connectivity index (χ0v) is 13.8. The lowest BCUT2D eigenvalue weighted by atomic mass is 9.95. The molecule has 2 aliphatic heterocycles. The summed E-state index contributed by atoms with van der Waals surface area (Å²) in [6.45, 7) is 3.70. The lowest BCUT2D eigenvalue weighted by Gasteiger charge is -2.33. The van der Waals surface area contributed by atoms with Crippen molar-refractivity contribution in [3.63, 3.8) is 0 Å². The lowest BCUT2D eigenvalue weighted by Crippen LogP contribution is -2.43. The van der Waals surface area contributed by atoms with Crippen LogP contribution in [0.5, 0.6) is 0 Å². The van der Waals surface area contributed by atoms with Crippen molar-refractivity contribution >= 4 is 28.7 Å². The molecule has 1 aromatic heterocycles. The van der Waals surface area contributed by atoms with E-state index < -0.39 is 0 Å². The Kier molecular flexibility index (Phi) is 3.77. The fourth-order valence-corrected chi connectivity index (χ4v) is 3.75. The summed E-state index contributed by atoms with van der Waals surface area (Å²) in [6.07, 6.45) is 2.72. The monoisotopic (exact) mass is 334 g/mol. The van der Waals surface area contributed by atoms with Gasteiger partial charge in [-0.25, -0.2) is 4.98 Å². The number of hydrogen-bond donors (Lipinski definition) is 0. The van der Waals surface area contributed by atoms with Gasteiger partial charge in [0.1, 0.15) is 17.7 Å². The van der Waals surface area contributed by atoms with Crippen molar-refractivity contribution < 1.29 is 13.9 Å². The highest BCUT2D eigenvalue weighted by Crippen LogP contribution is 2.33. The molecule has 2 unspecified atom stereocenters. The van der Waals surface area contributed by atoms with Crippen LogP contribution in [-0.2, 0) is 9.53 Å². The number of piperidine rings is 1. The average molecular weight is 335 g/mol. The molecule has 0 N–H and O–H groups in total. The molecule has 2 fully saturated rings. The van der Waals surface area contributed by atoms with Crippen molar-refractivity contribution in [2.75, 3.05) is 13.1 Å². The van der Waals surface area contributed by atoms with E-state index >= 15 is 0 Å². The Morgan fingerprint density at radius 3 is 2.78 bits per heavy atom. The molecule has 4 rings (SSSR count). The number of fused-ring (bicyclic) bond motifs is 1. The summed E-state index contributed by atoms with van der Waals surface area (Å²) in [7, 11) is 0. The normalized spacial score (nSPS) is 26.8. The molecule has 3 heterocycles. The van der Waals surface area contributed by atoms with Crippen LogP contribution in [0, 0.1) is 0 Å². The first-order chi connectivity index (χ1) is 11.1. The van der Waals surface area contributed by atoms with Gasteiger partial charge in [-0.3, -0.25) is 9.69 Å². The summed E-state index contributed by atoms with van der Waals surface area (Å²) in [5, 5.41) is 0.668. The second kappa shape index (κ2) is 5.80. The van der Waals surface area contributed by atoms with E-state index in [1.165, 1.54) is 0 Å². The van der Waals surface area contributed by atoms with Gasteiger partial charge in [-0.2, -0.15) is 0 Å². The van der Waals surface area contributed by atoms with Gasteiger partial charge < -0.3 is 9.15 Å². The first-order valence-electron chi connectivity index (χ1n) is 8.10. The molecule has 0 spiro atoms. The summed E-state index contributed by atoms with van der Waals surface area (Å²) in [6, 6.07) is 5.43. The van der Waals surface area contributed by atoms with Crippen molar-refractivity contribution in [1.29, 1.82) is 0 Å². The topological polar surface area (TPSA) is 55.6 Å². The number of hydrogen-bond acceptors (Lipinski definition) is 5. The van der Waals surface area contributed by atoms with E-state index in [-0.39, 0.29) is 18.1 Å². The molecule has 0 saturated carbocycles. The standard InChI is InChI=1S/C17H19ClN2O3/c1-10-8-14(17(21)22-10)20-6-4-11(5-7-20)16-19-13-9-12(18)2-3-15(13)23-16/h2-3,9-11,14H,4-8H2,1H3. The van der Waals surface area contributed by atoms with Crippen LogP contribution >= 0.6 is 11.6 Å². The first kappa shape index (κ1) is 15.0. The van der Waals surface area contributed by atoms with E-state index in [1.54, 1.807) is 0 Å². The number of rotatable bonds is 2. The molecule has 0 radical (unpaired) electrons. The molecule has 0 amide bonds. The van der Waals surface area contributed by atoms with Crippen LogP contribution in [0.1, 0.15) is 38.0 Å². The Hall–Kier alpha value is -1.59. The third kappa shape index (κ3) is 2.83. The quantitative estimate of drug-likeness (QED) is 0.788. The zero-order valence-electron chi connectivity index (χ0n) is 13.0. The van der Waals surface area contributed by atoms with Crippen molar-refractivity contribution in [2.24, 2.45) is 0 Å². The van der Waals surface area contributed by atoms with Crippen LogP contribution in [0.2, 0.25) is 5.02 Å². The van der Waals surface area contributed by atoms with Crippen molar-refractivity contribution in [2.45, 2.75) is 44.2 Å². The number of likely N-dealkylation sites (tertiary alicyclic amines) is 1. The van der Waals surface area contributed by atoms with E-state index in [4.69, 9.17) is 20.8 Å². The molecule has 0 bridgehead atoms. The third-order valence-corrected chi connectivity index (χ3v) is 5.07. The van der Waals surface area contributed by atoms with Crippen LogP contribution in [0.4, 0.5) is 0 Å². The number of oxazole rings is 1. The summed E-state index contributed by atoms with van der Waals surface area (Å²) in [4.78, 5) is 18.7. The highest BCUT2D eigenvalue weighted by molar-refractivity contribution is 6.31. The van der Waals surface area contributed by atoms with Gasteiger partial charge in [-0.05, 0) is 51.1 Å². The second-order valence-electron chi connectivity index (χ2n) is 6.47. The van der Waals surface area contributed by atoms with Crippen LogP contribution < -0.4 is 0 Å². The van der Waals surface area contributed by atoms with E-state index in [0.29, 0.717) is 10.9 Å². The number of carbonyl (C=O) groups excluding carboxylic acids is 1. The number of halogens is 1. The van der Waals surface area contributed by atoms with Crippen LogP contribution in [0.15, 0.2) is 22.6 Å². The van der Waals surface area contributed by atoms with Gasteiger partial charge in [0.2, 0.25) is 0 Å². The van der Waals surface area contributed by atoms with Gasteiger partial charge >= 0.3 is 5.97 Å². The van der Waals surface area contributed by atoms with Gasteiger partial charge in [-0.15, -0.1) is 0 Å². The van der Waals surface area contributed by atoms with E-state index in [0.717, 1.165) is 49.3 Å². The number of aromatic nitrogens is 1. The second-order valence-corrected chi connectivity index (χ2v) is 6.91. The Labute approximate surface area is 139 Å². The summed E-state index contributed by atoms with van der Waals surface area (Å²) in [5.41, 5.74) is 1.59. The number of carbonyl (C=O) groups is 1. The summed E-state index contributed by atoms with van der Waals surface area (Å²) in [5.74, 6) is 1.00. The van der Waals surface area contributed by atoms with Crippen LogP contribution in [-0.4, -0.2) is 41.1 Å². The van der Waals surface area contributed by atoms with Crippen LogP contribution in [0.25, 0.3) is 11.1 Å². The fourth-order valence-electron chi connectivity index (χ4n) is 3.58. The predicted molar refractivity (Wildman–Crippen MR) is 86.5 cm³/mol. The molecule has 5 nitrogen and oxygen atoms in total. The van der Waals surface area contributed by atoms with Gasteiger partial charge in [0.15, 0.2) is 11.5 Å². The Balaban J connectivity index is 1.45. The number of nitrogens with zero attached hydrogens (tertiary/aromatic N) is 2. The van der Waals surface area contributed by atoms with Crippen molar-refractivity contribution in [3.05, 3.63) is 29.1 Å². The van der Waals surface area contributed by atoms with E-state index in [9.17, 15) is 4.79 Å². The maximum atomic E-state index is 11.9. The molecule has 2 aromatic rings. The van der Waals surface area contributed by atoms with E-state index in [2.05, 4.69) is 9.88 Å². The fraction of sp³-hybridized carbons (Fsp3) is 0.529. The van der Waals surface area contributed by atoms with Gasteiger partial charge in [0, 0.05) is 17.4 Å². The predicted octanol–water partition coefficient (Wildman–Crippen LogP) is 3.36. The molecule has 6 heteroatoms. The molecule has 23 heavy (non-hydrogen) atoms. The molecule has 2 aliphatic rings. The lowest BCUT2D eigenvalue weighted by molar-refractivity contribution is -0.145. The molecule has 1 aromatic carbocycles. The Morgan fingerprint density at radius 1 is 1.30 bits per heavy atom. The zero-order chi connectivity index (χ0) is 16.0. The number of esters is 1. The average Bonchev–Trinajstić information content (AvgIpc) is 3.10. The highest BCUT2D eigenvalue weighted by atomic mass is 35.5. The maximum absolute atomic E-state index is 11.9. The van der Waals surface area contributed by atoms with Crippen molar-refractivity contribution in [1.82, 2.24) is 9.88 Å². The first-order valence-corrected chi connectivity index (χ1v) is 8.48. The van der Waals surface area contributed by atoms with Gasteiger partial charge in [-0.1, -0.05) is 11.6 Å². The summed E-state index contributed by atoms with van der Waals surface area (Å²) >= 11 is 6.00. The van der Waals surface area contributed by atoms with Gasteiger partial charge in [0.25, 0.3) is 0 Å². The Morgan fingerprint density at radius 2 is 2.09 bits per heavy atom. The minimum atomic E-state index is -0.0764. The minimum Gasteiger partial charge on any atom is -0.461 e. The van der Waals surface area contributed by atoms with Crippen LogP contribution in [0.3, 0.4) is 0 Å². The number of ether oxygens (including phenoxy) is 1. The molecule has 0 aliphatic carbocycles. The minimum absolute atomic E-state index is 0.0343. The Bertz CT molecular complexity index is 737. The van der Waals surface area contributed by atoms with Crippen molar-refractivity contribution in [3.8, 4) is 0 Å². The summed E-state index contributed by atoms with van der Waals surface area (Å²) < 4.78 is 11.1. The SMILES string of the molecule is CC1CC(N2CCC(c3nc4cc(Cl)ccc4o3)CC2)C(=O)O1. The van der Waals surface area contributed by atoms with E-state index in [1.807, 2.05) is 25.1 Å². The van der Waals surface area contributed by atoms with Gasteiger partial charge in [0.05, 0.1) is 0 Å².